The van der Waals surface area contributed by atoms with Gasteiger partial charge in [0.05, 0.1) is 19.3 Å². The zero-order valence-corrected chi connectivity index (χ0v) is 10.2. The Bertz CT molecular complexity index is 161. The van der Waals surface area contributed by atoms with Gasteiger partial charge in [-0.15, -0.1) is 0 Å². The molecule has 0 saturated carbocycles. The van der Waals surface area contributed by atoms with E-state index in [2.05, 4.69) is 13.8 Å². The first kappa shape index (κ1) is 12.9. The molecule has 15 heavy (non-hydrogen) atoms. The number of hydrogen-bond donors (Lipinski definition) is 0. The van der Waals surface area contributed by atoms with Crippen molar-refractivity contribution in [2.45, 2.75) is 51.9 Å². The Morgan fingerprint density at radius 1 is 1.27 bits per heavy atom. The van der Waals surface area contributed by atoms with Gasteiger partial charge in [0.2, 0.25) is 0 Å². The Labute approximate surface area is 93.1 Å². The summed E-state index contributed by atoms with van der Waals surface area (Å²) in [6, 6.07) is 0. The molecule has 0 aromatic heterocycles. The van der Waals surface area contributed by atoms with E-state index in [1.165, 1.54) is 6.42 Å². The molecule has 0 spiro atoms. The first-order valence-corrected chi connectivity index (χ1v) is 6.07. The summed E-state index contributed by atoms with van der Waals surface area (Å²) in [6.45, 7) is 5.96. The standard InChI is InChI=1S/C12H24O3/c1-4-6-11-10(5-2)9-14-12(15-11)7-8-13-3/h10-12H,4-9H2,1-3H3/t10-,11+,12-/m0/s1. The highest BCUT2D eigenvalue weighted by Gasteiger charge is 2.29. The maximum atomic E-state index is 5.93. The molecule has 0 aliphatic carbocycles. The molecule has 0 amide bonds. The fourth-order valence-corrected chi connectivity index (χ4v) is 2.02. The molecule has 1 aliphatic rings. The molecule has 0 unspecified atom stereocenters. The van der Waals surface area contributed by atoms with Crippen LogP contribution in [0.1, 0.15) is 39.5 Å². The van der Waals surface area contributed by atoms with Gasteiger partial charge in [-0.25, -0.2) is 0 Å². The Balaban J connectivity index is 2.35. The Hall–Kier alpha value is -0.120. The minimum Gasteiger partial charge on any atom is -0.384 e. The second-order valence-corrected chi connectivity index (χ2v) is 4.18. The van der Waals surface area contributed by atoms with E-state index in [1.807, 2.05) is 0 Å². The van der Waals surface area contributed by atoms with Crippen molar-refractivity contribution in [2.24, 2.45) is 5.92 Å². The third-order valence-electron chi connectivity index (χ3n) is 3.00. The molecule has 1 saturated heterocycles. The molecule has 3 atom stereocenters. The largest absolute Gasteiger partial charge is 0.384 e. The molecule has 0 aromatic rings. The van der Waals surface area contributed by atoms with Crippen LogP contribution in [0, 0.1) is 5.92 Å². The second kappa shape index (κ2) is 7.20. The lowest BCUT2D eigenvalue weighted by Gasteiger charge is -2.36. The molecule has 1 fully saturated rings. The summed E-state index contributed by atoms with van der Waals surface area (Å²) in [4.78, 5) is 0. The molecule has 0 bridgehead atoms. The maximum Gasteiger partial charge on any atom is 0.160 e. The van der Waals surface area contributed by atoms with Gasteiger partial charge in [-0.2, -0.15) is 0 Å². The maximum absolute atomic E-state index is 5.93. The third kappa shape index (κ3) is 4.09. The molecule has 0 N–H and O–H groups in total. The lowest BCUT2D eigenvalue weighted by Crippen LogP contribution is -2.40. The monoisotopic (exact) mass is 216 g/mol. The van der Waals surface area contributed by atoms with Crippen molar-refractivity contribution in [1.82, 2.24) is 0 Å². The summed E-state index contributed by atoms with van der Waals surface area (Å²) in [6.07, 6.45) is 4.64. The smallest absolute Gasteiger partial charge is 0.160 e. The summed E-state index contributed by atoms with van der Waals surface area (Å²) in [7, 11) is 1.71. The van der Waals surface area contributed by atoms with Crippen molar-refractivity contribution in [3.63, 3.8) is 0 Å². The van der Waals surface area contributed by atoms with Crippen LogP contribution in [0.3, 0.4) is 0 Å². The van der Waals surface area contributed by atoms with Crippen LogP contribution in [0.25, 0.3) is 0 Å². The van der Waals surface area contributed by atoms with Gasteiger partial charge in [0.1, 0.15) is 0 Å². The molecule has 0 aromatic carbocycles. The van der Waals surface area contributed by atoms with E-state index < -0.39 is 0 Å². The summed E-state index contributed by atoms with van der Waals surface area (Å²) in [5.74, 6) is 0.573. The normalized spacial score (nSPS) is 31.8. The van der Waals surface area contributed by atoms with E-state index in [1.54, 1.807) is 7.11 Å². The summed E-state index contributed by atoms with van der Waals surface area (Å²) < 4.78 is 16.6. The highest BCUT2D eigenvalue weighted by Crippen LogP contribution is 2.25. The highest BCUT2D eigenvalue weighted by atomic mass is 16.7. The van der Waals surface area contributed by atoms with Crippen molar-refractivity contribution in [3.8, 4) is 0 Å². The fraction of sp³-hybridized carbons (Fsp3) is 1.00. The van der Waals surface area contributed by atoms with Gasteiger partial charge in [0.15, 0.2) is 6.29 Å². The first-order valence-electron chi connectivity index (χ1n) is 6.07. The quantitative estimate of drug-likeness (QED) is 0.683. The van der Waals surface area contributed by atoms with Crippen molar-refractivity contribution in [1.29, 1.82) is 0 Å². The first-order chi connectivity index (χ1) is 7.31. The average Bonchev–Trinajstić information content (AvgIpc) is 2.27. The Morgan fingerprint density at radius 3 is 2.67 bits per heavy atom. The van der Waals surface area contributed by atoms with E-state index in [9.17, 15) is 0 Å². The molecule has 3 nitrogen and oxygen atoms in total. The molecule has 3 heteroatoms. The van der Waals surface area contributed by atoms with Crippen LogP contribution >= 0.6 is 0 Å². The lowest BCUT2D eigenvalue weighted by molar-refractivity contribution is -0.242. The number of rotatable bonds is 6. The van der Waals surface area contributed by atoms with E-state index in [-0.39, 0.29) is 6.29 Å². The van der Waals surface area contributed by atoms with E-state index in [4.69, 9.17) is 14.2 Å². The van der Waals surface area contributed by atoms with Gasteiger partial charge in [0.25, 0.3) is 0 Å². The SMILES string of the molecule is CCC[C@H]1O[C@@H](CCOC)OC[C@@H]1CC. The third-order valence-corrected chi connectivity index (χ3v) is 3.00. The molecular formula is C12H24O3. The van der Waals surface area contributed by atoms with Gasteiger partial charge >= 0.3 is 0 Å². The van der Waals surface area contributed by atoms with Crippen LogP contribution in [0.2, 0.25) is 0 Å². The zero-order chi connectivity index (χ0) is 11.1. The van der Waals surface area contributed by atoms with Gasteiger partial charge < -0.3 is 14.2 Å². The molecule has 0 radical (unpaired) electrons. The average molecular weight is 216 g/mol. The van der Waals surface area contributed by atoms with Gasteiger partial charge in [0, 0.05) is 19.4 Å². The van der Waals surface area contributed by atoms with Gasteiger partial charge in [-0.05, 0) is 12.8 Å². The van der Waals surface area contributed by atoms with Crippen molar-refractivity contribution >= 4 is 0 Å². The second-order valence-electron chi connectivity index (χ2n) is 4.18. The summed E-state index contributed by atoms with van der Waals surface area (Å²) in [5.41, 5.74) is 0. The van der Waals surface area contributed by atoms with Crippen molar-refractivity contribution in [3.05, 3.63) is 0 Å². The molecular weight excluding hydrogens is 192 g/mol. The molecule has 1 rings (SSSR count). The lowest BCUT2D eigenvalue weighted by atomic mass is 9.96. The van der Waals surface area contributed by atoms with Crippen LogP contribution in [0.15, 0.2) is 0 Å². The minimum atomic E-state index is -0.0516. The van der Waals surface area contributed by atoms with Crippen LogP contribution < -0.4 is 0 Å². The summed E-state index contributed by atoms with van der Waals surface area (Å²) in [5, 5.41) is 0. The van der Waals surface area contributed by atoms with Gasteiger partial charge in [-0.3, -0.25) is 0 Å². The van der Waals surface area contributed by atoms with Crippen molar-refractivity contribution < 1.29 is 14.2 Å². The molecule has 1 aliphatic heterocycles. The van der Waals surface area contributed by atoms with Crippen LogP contribution in [0.5, 0.6) is 0 Å². The Morgan fingerprint density at radius 2 is 2.07 bits per heavy atom. The highest BCUT2D eigenvalue weighted by molar-refractivity contribution is 4.73. The Kier molecular flexibility index (Phi) is 6.22. The minimum absolute atomic E-state index is 0.0516. The van der Waals surface area contributed by atoms with E-state index in [0.717, 1.165) is 25.9 Å². The van der Waals surface area contributed by atoms with Crippen LogP contribution in [0.4, 0.5) is 0 Å². The van der Waals surface area contributed by atoms with E-state index >= 15 is 0 Å². The molecule has 90 valence electrons. The molecule has 1 heterocycles. The van der Waals surface area contributed by atoms with Crippen LogP contribution in [-0.2, 0) is 14.2 Å². The van der Waals surface area contributed by atoms with Crippen molar-refractivity contribution in [2.75, 3.05) is 20.3 Å². The topological polar surface area (TPSA) is 27.7 Å². The number of hydrogen-bond acceptors (Lipinski definition) is 3. The fourth-order valence-electron chi connectivity index (χ4n) is 2.02. The zero-order valence-electron chi connectivity index (χ0n) is 10.2. The number of ether oxygens (including phenoxy) is 3. The predicted molar refractivity (Wildman–Crippen MR) is 59.8 cm³/mol. The predicted octanol–water partition coefficient (Wildman–Crippen LogP) is 2.59. The van der Waals surface area contributed by atoms with E-state index in [0.29, 0.717) is 18.6 Å². The summed E-state index contributed by atoms with van der Waals surface area (Å²) >= 11 is 0. The van der Waals surface area contributed by atoms with Gasteiger partial charge in [-0.1, -0.05) is 20.3 Å². The van der Waals surface area contributed by atoms with Crippen LogP contribution in [-0.4, -0.2) is 32.7 Å². The number of methoxy groups -OCH3 is 1.